The largest absolute Gasteiger partial charge is 0.462 e. The lowest BCUT2D eigenvalue weighted by atomic mass is 10.1. The number of esters is 2. The first-order chi connectivity index (χ1) is 21.1. The van der Waals surface area contributed by atoms with Gasteiger partial charge in [0.2, 0.25) is 0 Å². The van der Waals surface area contributed by atoms with E-state index in [2.05, 4.69) is 68.5 Å². The normalized spacial score (nSPS) is 13.7. The Morgan fingerprint density at radius 3 is 1.67 bits per heavy atom. The zero-order chi connectivity index (χ0) is 31.5. The third kappa shape index (κ3) is 31.3. The van der Waals surface area contributed by atoms with Crippen LogP contribution in [0, 0.1) is 0 Å². The molecule has 5 heteroatoms. The summed E-state index contributed by atoms with van der Waals surface area (Å²) in [5, 5.41) is 9.49. The highest BCUT2D eigenvalue weighted by Gasteiger charge is 2.15. The van der Waals surface area contributed by atoms with E-state index in [1.54, 1.807) is 0 Å². The summed E-state index contributed by atoms with van der Waals surface area (Å²) >= 11 is 0. The van der Waals surface area contributed by atoms with Crippen LogP contribution in [0.1, 0.15) is 97.3 Å². The number of ether oxygens (including phenoxy) is 2. The van der Waals surface area contributed by atoms with Gasteiger partial charge < -0.3 is 14.6 Å². The molecule has 0 radical (unpaired) electrons. The number of unbranched alkanes of at least 4 members (excludes halogenated alkanes) is 4. The first-order valence-electron chi connectivity index (χ1n) is 16.0. The van der Waals surface area contributed by atoms with Crippen LogP contribution in [0.5, 0.6) is 0 Å². The second kappa shape index (κ2) is 33.1. The zero-order valence-electron chi connectivity index (χ0n) is 26.7. The van der Waals surface area contributed by atoms with Crippen LogP contribution in [0.15, 0.2) is 109 Å². The summed E-state index contributed by atoms with van der Waals surface area (Å²) in [7, 11) is 0. The van der Waals surface area contributed by atoms with Crippen molar-refractivity contribution >= 4 is 11.9 Å². The van der Waals surface area contributed by atoms with Crippen molar-refractivity contribution in [2.75, 3.05) is 13.2 Å². The van der Waals surface area contributed by atoms with Crippen molar-refractivity contribution in [2.45, 2.75) is 103 Å². The Kier molecular flexibility index (Phi) is 30.4. The standard InChI is InChI=1S/C38H56O5/c1-3-5-7-9-11-13-15-17-18-19-21-23-25-27-29-31-33-38(41)43-36(34-39)35-42-37(40)32-30-28-26-24-22-20-16-14-12-10-8-6-4-2/h5-8,10-14,16-18,20-24,26,36,39H,3-4,9,15,19,25,27-35H2,1-2H3/b7-5+,8-6+,12-10+,13-11+,16-14+,18-17+,22-20+,23-21+,26-24+. The van der Waals surface area contributed by atoms with Gasteiger partial charge >= 0.3 is 11.9 Å². The van der Waals surface area contributed by atoms with Gasteiger partial charge in [-0.1, -0.05) is 130 Å². The van der Waals surface area contributed by atoms with Gasteiger partial charge in [0, 0.05) is 12.8 Å². The van der Waals surface area contributed by atoms with Crippen molar-refractivity contribution < 1.29 is 24.2 Å². The number of allylic oxidation sites excluding steroid dienone is 18. The first kappa shape index (κ1) is 39.6. The minimum Gasteiger partial charge on any atom is -0.462 e. The fraction of sp³-hybridized carbons (Fsp3) is 0.474. The highest BCUT2D eigenvalue weighted by Crippen LogP contribution is 2.07. The third-order valence-corrected chi connectivity index (χ3v) is 5.94. The molecule has 0 spiro atoms. The maximum Gasteiger partial charge on any atom is 0.306 e. The molecule has 1 atom stereocenters. The van der Waals surface area contributed by atoms with Crippen molar-refractivity contribution in [2.24, 2.45) is 0 Å². The molecule has 0 aromatic rings. The molecule has 0 aromatic carbocycles. The SMILES string of the molecule is CC/C=C/C=C/C=C/C=C/C=C/CCCC(=O)OCC(CO)OC(=O)CCCCC/C=C/C/C=C/C/C=C/C/C=C/CC. The average Bonchev–Trinajstić information content (AvgIpc) is 3.01. The second-order valence-corrected chi connectivity index (χ2v) is 9.89. The van der Waals surface area contributed by atoms with Gasteiger partial charge in [-0.15, -0.1) is 0 Å². The van der Waals surface area contributed by atoms with Gasteiger partial charge in [-0.25, -0.2) is 0 Å². The van der Waals surface area contributed by atoms with Gasteiger partial charge in [-0.2, -0.15) is 0 Å². The van der Waals surface area contributed by atoms with Crippen LogP contribution in [-0.4, -0.2) is 36.4 Å². The number of hydrogen-bond donors (Lipinski definition) is 1. The molecule has 0 aliphatic rings. The zero-order valence-corrected chi connectivity index (χ0v) is 26.7. The van der Waals surface area contributed by atoms with Crippen LogP contribution in [0.4, 0.5) is 0 Å². The summed E-state index contributed by atoms with van der Waals surface area (Å²) in [5.41, 5.74) is 0. The minimum atomic E-state index is -0.823. The van der Waals surface area contributed by atoms with E-state index in [1.807, 2.05) is 54.7 Å². The maximum absolute atomic E-state index is 12.1. The summed E-state index contributed by atoms with van der Waals surface area (Å²) in [6.45, 7) is 3.74. The van der Waals surface area contributed by atoms with Gasteiger partial charge in [0.15, 0.2) is 6.10 Å². The van der Waals surface area contributed by atoms with Crippen LogP contribution >= 0.6 is 0 Å². The van der Waals surface area contributed by atoms with Crippen molar-refractivity contribution in [3.63, 3.8) is 0 Å². The Hall–Kier alpha value is -3.44. The van der Waals surface area contributed by atoms with Gasteiger partial charge in [-0.3, -0.25) is 9.59 Å². The summed E-state index contributed by atoms with van der Waals surface area (Å²) in [6.07, 6.45) is 47.2. The quantitative estimate of drug-likeness (QED) is 0.0469. The summed E-state index contributed by atoms with van der Waals surface area (Å²) in [5.74, 6) is -0.732. The van der Waals surface area contributed by atoms with E-state index in [1.165, 1.54) is 0 Å². The van der Waals surface area contributed by atoms with Crippen LogP contribution in [0.2, 0.25) is 0 Å². The van der Waals surface area contributed by atoms with E-state index in [0.29, 0.717) is 12.8 Å². The monoisotopic (exact) mass is 592 g/mol. The van der Waals surface area contributed by atoms with Crippen LogP contribution < -0.4 is 0 Å². The number of carbonyl (C=O) groups is 2. The maximum atomic E-state index is 12.1. The Morgan fingerprint density at radius 1 is 0.558 bits per heavy atom. The average molecular weight is 593 g/mol. The lowest BCUT2D eigenvalue weighted by Crippen LogP contribution is -2.28. The predicted octanol–water partition coefficient (Wildman–Crippen LogP) is 9.55. The Labute approximate surface area is 261 Å². The Bertz CT molecular complexity index is 943. The molecule has 0 bridgehead atoms. The molecule has 0 aliphatic heterocycles. The Morgan fingerprint density at radius 2 is 1.07 bits per heavy atom. The van der Waals surface area contributed by atoms with Gasteiger partial charge in [0.25, 0.3) is 0 Å². The molecule has 5 nitrogen and oxygen atoms in total. The molecule has 0 aromatic heterocycles. The molecule has 0 saturated carbocycles. The topological polar surface area (TPSA) is 72.8 Å². The van der Waals surface area contributed by atoms with Crippen molar-refractivity contribution in [3.8, 4) is 0 Å². The molecule has 0 rings (SSSR count). The van der Waals surface area contributed by atoms with E-state index in [0.717, 1.165) is 64.2 Å². The van der Waals surface area contributed by atoms with E-state index in [9.17, 15) is 14.7 Å². The predicted molar refractivity (Wildman–Crippen MR) is 182 cm³/mol. The molecular weight excluding hydrogens is 536 g/mol. The van der Waals surface area contributed by atoms with Crippen molar-refractivity contribution in [1.82, 2.24) is 0 Å². The highest BCUT2D eigenvalue weighted by atomic mass is 16.6. The fourth-order valence-corrected chi connectivity index (χ4v) is 3.57. The number of rotatable bonds is 26. The number of aliphatic hydroxyl groups is 1. The van der Waals surface area contributed by atoms with Crippen LogP contribution in [0.25, 0.3) is 0 Å². The first-order valence-corrected chi connectivity index (χ1v) is 16.0. The lowest BCUT2D eigenvalue weighted by Gasteiger charge is -2.15. The van der Waals surface area contributed by atoms with Gasteiger partial charge in [0.1, 0.15) is 6.61 Å². The van der Waals surface area contributed by atoms with Crippen LogP contribution in [0.3, 0.4) is 0 Å². The molecule has 43 heavy (non-hydrogen) atoms. The highest BCUT2D eigenvalue weighted by molar-refractivity contribution is 5.70. The molecule has 1 unspecified atom stereocenters. The van der Waals surface area contributed by atoms with Crippen molar-refractivity contribution in [3.05, 3.63) is 109 Å². The lowest BCUT2D eigenvalue weighted by molar-refractivity contribution is -0.161. The molecule has 0 amide bonds. The molecule has 0 aliphatic carbocycles. The fourth-order valence-electron chi connectivity index (χ4n) is 3.57. The van der Waals surface area contributed by atoms with E-state index in [4.69, 9.17) is 9.47 Å². The number of aliphatic hydroxyl groups excluding tert-OH is 1. The third-order valence-electron chi connectivity index (χ3n) is 5.94. The minimum absolute atomic E-state index is 0.125. The second-order valence-electron chi connectivity index (χ2n) is 9.89. The Balaban J connectivity index is 3.84. The molecule has 238 valence electrons. The summed E-state index contributed by atoms with van der Waals surface area (Å²) < 4.78 is 10.5. The smallest absolute Gasteiger partial charge is 0.306 e. The molecule has 0 saturated heterocycles. The summed E-state index contributed by atoms with van der Waals surface area (Å²) in [4.78, 5) is 24.1. The van der Waals surface area contributed by atoms with Crippen LogP contribution in [-0.2, 0) is 19.1 Å². The molecule has 1 N–H and O–H groups in total. The number of carbonyl (C=O) groups excluding carboxylic acids is 2. The van der Waals surface area contributed by atoms with Crippen molar-refractivity contribution in [1.29, 1.82) is 0 Å². The van der Waals surface area contributed by atoms with E-state index >= 15 is 0 Å². The van der Waals surface area contributed by atoms with Gasteiger partial charge in [-0.05, 0) is 64.2 Å². The van der Waals surface area contributed by atoms with E-state index in [-0.39, 0.29) is 31.6 Å². The number of hydrogen-bond acceptors (Lipinski definition) is 5. The molecular formula is C38H56O5. The molecule has 0 heterocycles. The van der Waals surface area contributed by atoms with Gasteiger partial charge in [0.05, 0.1) is 6.61 Å². The summed E-state index contributed by atoms with van der Waals surface area (Å²) in [6, 6.07) is 0. The molecule has 0 fully saturated rings. The van der Waals surface area contributed by atoms with E-state index < -0.39 is 6.10 Å².